The maximum absolute atomic E-state index is 13.2. The number of thiophene rings is 1. The van der Waals surface area contributed by atoms with E-state index in [-0.39, 0.29) is 29.0 Å². The highest BCUT2D eigenvalue weighted by molar-refractivity contribution is 7.10. The number of benzene rings is 1. The zero-order valence-electron chi connectivity index (χ0n) is 18.4. The molecular weight excluding hydrogens is 450 g/mol. The molecule has 0 unspecified atom stereocenters. The molecule has 2 bridgehead atoms. The highest BCUT2D eigenvalue weighted by Crippen LogP contribution is 2.35. The van der Waals surface area contributed by atoms with E-state index in [0.717, 1.165) is 17.0 Å². The molecule has 9 heteroatoms. The van der Waals surface area contributed by atoms with Crippen molar-refractivity contribution in [2.75, 3.05) is 23.7 Å². The second kappa shape index (κ2) is 9.15. The Labute approximate surface area is 200 Å². The molecule has 3 amide bonds. The fraction of sp³-hybridized carbons (Fsp3) is 0.280. The number of pyridine rings is 1. The maximum atomic E-state index is 13.2. The number of amides is 3. The molecule has 1 saturated heterocycles. The Morgan fingerprint density at radius 3 is 2.76 bits per heavy atom. The average molecular weight is 474 g/mol. The topological polar surface area (TPSA) is 107 Å². The number of aromatic nitrogens is 1. The van der Waals surface area contributed by atoms with Gasteiger partial charge in [0.2, 0.25) is 5.91 Å². The smallest absolute Gasteiger partial charge is 0.323 e. The number of hydrogen-bond donors (Lipinski definition) is 2. The van der Waals surface area contributed by atoms with Gasteiger partial charge in [0, 0.05) is 41.8 Å². The largest absolute Gasteiger partial charge is 0.341 e. The second-order valence-electron chi connectivity index (χ2n) is 8.71. The fourth-order valence-corrected chi connectivity index (χ4v) is 5.57. The first-order chi connectivity index (χ1) is 16.5. The van der Waals surface area contributed by atoms with Gasteiger partial charge in [0.1, 0.15) is 5.69 Å². The van der Waals surface area contributed by atoms with Crippen LogP contribution in [0.5, 0.6) is 0 Å². The minimum Gasteiger partial charge on any atom is -0.341 e. The zero-order chi connectivity index (χ0) is 23.7. The Bertz CT molecular complexity index is 1340. The lowest BCUT2D eigenvalue weighted by molar-refractivity contribution is -0.133. The van der Waals surface area contributed by atoms with E-state index in [9.17, 15) is 14.4 Å². The number of anilines is 2. The Morgan fingerprint density at radius 1 is 1.09 bits per heavy atom. The van der Waals surface area contributed by atoms with Gasteiger partial charge in [-0.25, -0.2) is 4.79 Å². The third-order valence-corrected chi connectivity index (χ3v) is 7.24. The summed E-state index contributed by atoms with van der Waals surface area (Å²) in [4.78, 5) is 41.4. The van der Waals surface area contributed by atoms with Crippen molar-refractivity contribution < 1.29 is 9.59 Å². The quantitative estimate of drug-likeness (QED) is 0.604. The predicted molar refractivity (Wildman–Crippen MR) is 130 cm³/mol. The standard InChI is InChI=1S/C25H23N5O3S/c26-12-16-3-1-4-19(10-16)27-25(33)28-21-6-7-22-18-9-17(14-30(22)24(21)32)13-29(15-18)23(31)11-20-5-2-8-34-20/h1-8,10,17-18H,9,11,13-15H2,(H2,27,28,33)/t17-,18+/m0/s1. The SMILES string of the molecule is N#Cc1cccc(NC(=O)Nc2ccc3n(c2=O)C[C@H]2C[C@@H]3CN(C(=O)Cc3cccs3)C2)c1. The van der Waals surface area contributed by atoms with Crippen LogP contribution in [-0.4, -0.2) is 34.5 Å². The van der Waals surface area contributed by atoms with Gasteiger partial charge in [-0.15, -0.1) is 11.3 Å². The van der Waals surface area contributed by atoms with E-state index < -0.39 is 6.03 Å². The van der Waals surface area contributed by atoms with Gasteiger partial charge in [-0.2, -0.15) is 5.26 Å². The van der Waals surface area contributed by atoms with E-state index >= 15 is 0 Å². The molecule has 4 heterocycles. The molecule has 0 aliphatic carbocycles. The molecule has 1 aromatic carbocycles. The summed E-state index contributed by atoms with van der Waals surface area (Å²) in [5.41, 5.74) is 1.76. The molecule has 2 N–H and O–H groups in total. The number of rotatable bonds is 4. The first kappa shape index (κ1) is 21.9. The van der Waals surface area contributed by atoms with Gasteiger partial charge in [-0.05, 0) is 54.1 Å². The number of carbonyl (C=O) groups excluding carboxylic acids is 2. The number of nitrogens with zero attached hydrogens (tertiary/aromatic N) is 3. The highest BCUT2D eigenvalue weighted by atomic mass is 32.1. The summed E-state index contributed by atoms with van der Waals surface area (Å²) in [5, 5.41) is 16.3. The molecule has 0 radical (unpaired) electrons. The van der Waals surface area contributed by atoms with Crippen LogP contribution in [0.3, 0.4) is 0 Å². The van der Waals surface area contributed by atoms with E-state index in [1.54, 1.807) is 46.2 Å². The van der Waals surface area contributed by atoms with Crippen LogP contribution < -0.4 is 16.2 Å². The third-order valence-electron chi connectivity index (χ3n) is 6.36. The van der Waals surface area contributed by atoms with Crippen molar-refractivity contribution in [3.05, 3.63) is 80.4 Å². The number of likely N-dealkylation sites (tertiary alicyclic amines) is 1. The molecule has 34 heavy (non-hydrogen) atoms. The molecule has 2 atom stereocenters. The van der Waals surface area contributed by atoms with E-state index in [4.69, 9.17) is 5.26 Å². The summed E-state index contributed by atoms with van der Waals surface area (Å²) in [6.07, 6.45) is 1.36. The molecule has 2 aliphatic rings. The number of fused-ring (bicyclic) bond motifs is 4. The molecule has 172 valence electrons. The lowest BCUT2D eigenvalue weighted by Gasteiger charge is -2.43. The van der Waals surface area contributed by atoms with Gasteiger partial charge >= 0.3 is 6.03 Å². The summed E-state index contributed by atoms with van der Waals surface area (Å²) in [5.74, 6) is 0.432. The van der Waals surface area contributed by atoms with Crippen molar-refractivity contribution in [2.24, 2.45) is 5.92 Å². The number of nitriles is 1. The normalized spacial score (nSPS) is 18.5. The Balaban J connectivity index is 1.29. The molecule has 8 nitrogen and oxygen atoms in total. The van der Waals surface area contributed by atoms with Crippen molar-refractivity contribution in [2.45, 2.75) is 25.3 Å². The van der Waals surface area contributed by atoms with Crippen LogP contribution in [0.1, 0.15) is 28.5 Å². The van der Waals surface area contributed by atoms with Crippen LogP contribution in [0.15, 0.2) is 58.7 Å². The van der Waals surface area contributed by atoms with Crippen molar-refractivity contribution in [3.8, 4) is 6.07 Å². The van der Waals surface area contributed by atoms with Crippen molar-refractivity contribution >= 4 is 34.6 Å². The molecule has 0 saturated carbocycles. The molecule has 1 fully saturated rings. The number of carbonyl (C=O) groups is 2. The summed E-state index contributed by atoms with van der Waals surface area (Å²) >= 11 is 1.59. The Hall–Kier alpha value is -3.90. The first-order valence-electron chi connectivity index (χ1n) is 11.1. The van der Waals surface area contributed by atoms with Crippen LogP contribution in [0, 0.1) is 17.2 Å². The maximum Gasteiger partial charge on any atom is 0.323 e. The van der Waals surface area contributed by atoms with Crippen LogP contribution in [-0.2, 0) is 17.8 Å². The van der Waals surface area contributed by atoms with E-state index in [0.29, 0.717) is 37.3 Å². The molecule has 2 aliphatic heterocycles. The molecule has 5 rings (SSSR count). The minimum atomic E-state index is -0.547. The van der Waals surface area contributed by atoms with Crippen LogP contribution in [0.4, 0.5) is 16.2 Å². The van der Waals surface area contributed by atoms with Crippen molar-refractivity contribution in [3.63, 3.8) is 0 Å². The van der Waals surface area contributed by atoms with Gasteiger partial charge in [0.15, 0.2) is 0 Å². The van der Waals surface area contributed by atoms with Gasteiger partial charge in [-0.1, -0.05) is 12.1 Å². The van der Waals surface area contributed by atoms with E-state index in [1.165, 1.54) is 0 Å². The second-order valence-corrected chi connectivity index (χ2v) is 9.75. The summed E-state index contributed by atoms with van der Waals surface area (Å²) < 4.78 is 1.74. The summed E-state index contributed by atoms with van der Waals surface area (Å²) in [6, 6.07) is 15.5. The van der Waals surface area contributed by atoms with Gasteiger partial charge in [0.05, 0.1) is 18.1 Å². The number of hydrogen-bond acceptors (Lipinski definition) is 5. The summed E-state index contributed by atoms with van der Waals surface area (Å²) in [7, 11) is 0. The molecule has 3 aromatic rings. The predicted octanol–water partition coefficient (Wildman–Crippen LogP) is 3.61. The number of nitrogens with one attached hydrogen (secondary N) is 2. The van der Waals surface area contributed by atoms with Crippen molar-refractivity contribution in [1.29, 1.82) is 5.26 Å². The van der Waals surface area contributed by atoms with Crippen LogP contribution in [0.2, 0.25) is 0 Å². The first-order valence-corrected chi connectivity index (χ1v) is 12.0. The molecular formula is C25H23N5O3S. The van der Waals surface area contributed by atoms with Crippen molar-refractivity contribution in [1.82, 2.24) is 9.47 Å². The van der Waals surface area contributed by atoms with Crippen LogP contribution >= 0.6 is 11.3 Å². The molecule has 0 spiro atoms. The van der Waals surface area contributed by atoms with Gasteiger partial charge in [0.25, 0.3) is 5.56 Å². The van der Waals surface area contributed by atoms with Gasteiger partial charge < -0.3 is 20.1 Å². The average Bonchev–Trinajstić information content (AvgIpc) is 3.34. The molecule has 2 aromatic heterocycles. The zero-order valence-corrected chi connectivity index (χ0v) is 19.2. The number of urea groups is 1. The Kier molecular flexibility index (Phi) is 5.90. The highest BCUT2D eigenvalue weighted by Gasteiger charge is 2.36. The van der Waals surface area contributed by atoms with Crippen LogP contribution in [0.25, 0.3) is 0 Å². The third kappa shape index (κ3) is 4.45. The Morgan fingerprint density at radius 2 is 1.97 bits per heavy atom. The van der Waals surface area contributed by atoms with E-state index in [1.807, 2.05) is 34.5 Å². The summed E-state index contributed by atoms with van der Waals surface area (Å²) in [6.45, 7) is 1.76. The fourth-order valence-electron chi connectivity index (χ4n) is 4.87. The van der Waals surface area contributed by atoms with E-state index in [2.05, 4.69) is 10.6 Å². The minimum absolute atomic E-state index is 0.101. The lowest BCUT2D eigenvalue weighted by atomic mass is 9.83. The number of piperidine rings is 1. The lowest BCUT2D eigenvalue weighted by Crippen LogP contribution is -2.49. The van der Waals surface area contributed by atoms with Gasteiger partial charge in [-0.3, -0.25) is 9.59 Å². The monoisotopic (exact) mass is 473 g/mol.